The molecule has 0 spiro atoms. The number of hydrogen-bond donors (Lipinski definition) is 0. The van der Waals surface area contributed by atoms with Crippen molar-refractivity contribution in [3.8, 4) is 17.4 Å². The summed E-state index contributed by atoms with van der Waals surface area (Å²) in [5, 5.41) is 21.7. The summed E-state index contributed by atoms with van der Waals surface area (Å²) in [6.07, 6.45) is 4.73. The molecule has 11 nitrogen and oxygen atoms in total. The van der Waals surface area contributed by atoms with Gasteiger partial charge in [0.2, 0.25) is 5.82 Å². The predicted octanol–water partition coefficient (Wildman–Crippen LogP) is 1.03. The summed E-state index contributed by atoms with van der Waals surface area (Å²) in [4.78, 5) is 8.52. The molecule has 0 N–H and O–H groups in total. The fraction of sp³-hybridized carbons (Fsp3) is 0.133. The topological polar surface area (TPSA) is 122 Å². The van der Waals surface area contributed by atoms with Gasteiger partial charge in [-0.05, 0) is 12.1 Å². The third-order valence-corrected chi connectivity index (χ3v) is 3.73. The number of hydrogen-bond acceptors (Lipinski definition) is 9. The van der Waals surface area contributed by atoms with Gasteiger partial charge in [-0.25, -0.2) is 4.98 Å². The standard InChI is InChI=1S/C15H11N9O2/c1-23-8-17-11(20-23)7-25-15-12-9(3-2-5-16-12)13-18-19-14(24(13)21-15)10-4-6-26-22-10/h2-6,8H,7H2,1H3. The van der Waals surface area contributed by atoms with Gasteiger partial charge in [-0.1, -0.05) is 5.16 Å². The molecule has 0 aliphatic heterocycles. The lowest BCUT2D eigenvalue weighted by Crippen LogP contribution is -2.05. The summed E-state index contributed by atoms with van der Waals surface area (Å²) in [5.41, 5.74) is 1.65. The maximum atomic E-state index is 5.84. The van der Waals surface area contributed by atoms with E-state index in [1.807, 2.05) is 12.1 Å². The van der Waals surface area contributed by atoms with Gasteiger partial charge in [0.1, 0.15) is 18.1 Å². The van der Waals surface area contributed by atoms with E-state index in [0.717, 1.165) is 5.39 Å². The van der Waals surface area contributed by atoms with Crippen LogP contribution in [0.4, 0.5) is 0 Å². The van der Waals surface area contributed by atoms with Crippen molar-refractivity contribution >= 4 is 16.6 Å². The van der Waals surface area contributed by atoms with E-state index in [2.05, 4.69) is 35.5 Å². The Morgan fingerprint density at radius 1 is 1.15 bits per heavy atom. The molecule has 11 heteroatoms. The lowest BCUT2D eigenvalue weighted by atomic mass is 10.3. The van der Waals surface area contributed by atoms with Gasteiger partial charge in [-0.15, -0.1) is 15.3 Å². The Morgan fingerprint density at radius 3 is 2.92 bits per heavy atom. The van der Waals surface area contributed by atoms with E-state index in [1.165, 1.54) is 6.26 Å². The van der Waals surface area contributed by atoms with Crippen LogP contribution < -0.4 is 4.74 Å². The van der Waals surface area contributed by atoms with Crippen molar-refractivity contribution in [2.24, 2.45) is 7.05 Å². The second kappa shape index (κ2) is 5.58. The minimum absolute atomic E-state index is 0.159. The molecule has 5 rings (SSSR count). The Hall–Kier alpha value is -3.89. The average molecular weight is 349 g/mol. The minimum atomic E-state index is 0.159. The van der Waals surface area contributed by atoms with Gasteiger partial charge >= 0.3 is 0 Å². The fourth-order valence-corrected chi connectivity index (χ4v) is 2.60. The van der Waals surface area contributed by atoms with E-state index in [-0.39, 0.29) is 6.61 Å². The molecule has 5 heterocycles. The number of aromatic nitrogens is 9. The van der Waals surface area contributed by atoms with Crippen LogP contribution >= 0.6 is 0 Å². The third kappa shape index (κ3) is 2.25. The van der Waals surface area contributed by atoms with Gasteiger partial charge in [0.05, 0.1) is 5.39 Å². The molecule has 0 saturated heterocycles. The molecule has 26 heavy (non-hydrogen) atoms. The van der Waals surface area contributed by atoms with Gasteiger partial charge < -0.3 is 9.26 Å². The number of fused-ring (bicyclic) bond motifs is 3. The summed E-state index contributed by atoms with van der Waals surface area (Å²) in [6, 6.07) is 5.38. The Bertz CT molecular complexity index is 1210. The molecule has 0 saturated carbocycles. The van der Waals surface area contributed by atoms with Gasteiger partial charge in [-0.3, -0.25) is 9.67 Å². The lowest BCUT2D eigenvalue weighted by Gasteiger charge is -2.07. The van der Waals surface area contributed by atoms with Crippen LogP contribution in [0.3, 0.4) is 0 Å². The monoisotopic (exact) mass is 349 g/mol. The molecular formula is C15H11N9O2. The van der Waals surface area contributed by atoms with Crippen LogP contribution in [0.5, 0.6) is 5.88 Å². The first-order valence-corrected chi connectivity index (χ1v) is 7.68. The second-order valence-electron chi connectivity index (χ2n) is 5.47. The van der Waals surface area contributed by atoms with Crippen molar-refractivity contribution in [1.29, 1.82) is 0 Å². The minimum Gasteiger partial charge on any atom is -0.467 e. The van der Waals surface area contributed by atoms with Crippen molar-refractivity contribution < 1.29 is 9.26 Å². The van der Waals surface area contributed by atoms with Crippen molar-refractivity contribution in [2.75, 3.05) is 0 Å². The molecule has 5 aromatic heterocycles. The van der Waals surface area contributed by atoms with Crippen molar-refractivity contribution in [3.05, 3.63) is 42.8 Å². The van der Waals surface area contributed by atoms with E-state index in [0.29, 0.717) is 34.4 Å². The molecule has 0 fully saturated rings. The fourth-order valence-electron chi connectivity index (χ4n) is 2.60. The van der Waals surface area contributed by atoms with Crippen LogP contribution in [0.1, 0.15) is 5.82 Å². The van der Waals surface area contributed by atoms with Gasteiger partial charge in [0.25, 0.3) is 5.88 Å². The van der Waals surface area contributed by atoms with Crippen LogP contribution in [-0.4, -0.2) is 44.7 Å². The Balaban J connectivity index is 1.66. The maximum absolute atomic E-state index is 5.84. The normalized spacial score (nSPS) is 11.4. The maximum Gasteiger partial charge on any atom is 0.259 e. The highest BCUT2D eigenvalue weighted by atomic mass is 16.5. The van der Waals surface area contributed by atoms with Gasteiger partial charge in [0, 0.05) is 19.3 Å². The smallest absolute Gasteiger partial charge is 0.259 e. The van der Waals surface area contributed by atoms with Crippen molar-refractivity contribution in [3.63, 3.8) is 0 Å². The molecule has 0 radical (unpaired) electrons. The first-order valence-electron chi connectivity index (χ1n) is 7.68. The van der Waals surface area contributed by atoms with E-state index < -0.39 is 0 Å². The zero-order chi connectivity index (χ0) is 17.5. The third-order valence-electron chi connectivity index (χ3n) is 3.73. The van der Waals surface area contributed by atoms with E-state index >= 15 is 0 Å². The number of rotatable bonds is 4. The number of nitrogens with zero attached hydrogens (tertiary/aromatic N) is 9. The quantitative estimate of drug-likeness (QED) is 0.468. The second-order valence-corrected chi connectivity index (χ2v) is 5.47. The van der Waals surface area contributed by atoms with Crippen LogP contribution in [-0.2, 0) is 13.7 Å². The van der Waals surface area contributed by atoms with E-state index in [4.69, 9.17) is 9.26 Å². The molecule has 0 bridgehead atoms. The number of aryl methyl sites for hydroxylation is 1. The molecule has 0 aromatic carbocycles. The highest BCUT2D eigenvalue weighted by molar-refractivity contribution is 5.94. The molecule has 128 valence electrons. The summed E-state index contributed by atoms with van der Waals surface area (Å²) >= 11 is 0. The lowest BCUT2D eigenvalue weighted by molar-refractivity contribution is 0.283. The van der Waals surface area contributed by atoms with Crippen LogP contribution in [0, 0.1) is 0 Å². The van der Waals surface area contributed by atoms with Crippen LogP contribution in [0.2, 0.25) is 0 Å². The largest absolute Gasteiger partial charge is 0.467 e. The molecule has 5 aromatic rings. The SMILES string of the molecule is Cn1cnc(COc2nn3c(-c4ccon4)nnc3c3cccnc23)n1. The molecular weight excluding hydrogens is 338 g/mol. The van der Waals surface area contributed by atoms with E-state index in [9.17, 15) is 0 Å². The molecule has 0 aliphatic rings. The summed E-state index contributed by atoms with van der Waals surface area (Å²) in [6.45, 7) is 0.159. The van der Waals surface area contributed by atoms with Gasteiger partial charge in [0.15, 0.2) is 23.8 Å². The van der Waals surface area contributed by atoms with Gasteiger partial charge in [-0.2, -0.15) is 9.61 Å². The number of ether oxygens (including phenoxy) is 1. The zero-order valence-electron chi connectivity index (χ0n) is 13.5. The highest BCUT2D eigenvalue weighted by Gasteiger charge is 2.18. The summed E-state index contributed by atoms with van der Waals surface area (Å²) < 4.78 is 13.9. The first kappa shape index (κ1) is 14.5. The van der Waals surface area contributed by atoms with Crippen molar-refractivity contribution in [1.82, 2.24) is 44.7 Å². The zero-order valence-corrected chi connectivity index (χ0v) is 13.5. The molecule has 0 amide bonds. The van der Waals surface area contributed by atoms with Crippen LogP contribution in [0.15, 0.2) is 41.5 Å². The molecule has 0 atom stereocenters. The van der Waals surface area contributed by atoms with E-state index in [1.54, 1.807) is 34.8 Å². The Labute approximate surface area is 145 Å². The van der Waals surface area contributed by atoms with Crippen molar-refractivity contribution in [2.45, 2.75) is 6.61 Å². The Kier molecular flexibility index (Phi) is 3.10. The Morgan fingerprint density at radius 2 is 2.12 bits per heavy atom. The van der Waals surface area contributed by atoms with Crippen LogP contribution in [0.25, 0.3) is 28.1 Å². The number of pyridine rings is 1. The summed E-state index contributed by atoms with van der Waals surface area (Å²) in [7, 11) is 1.79. The first-order chi connectivity index (χ1) is 12.8. The summed E-state index contributed by atoms with van der Waals surface area (Å²) in [5.74, 6) is 1.31. The predicted molar refractivity (Wildman–Crippen MR) is 86.9 cm³/mol. The molecule has 0 unspecified atom stereocenters. The highest BCUT2D eigenvalue weighted by Crippen LogP contribution is 2.27. The molecule has 0 aliphatic carbocycles. The average Bonchev–Trinajstić information content (AvgIpc) is 3.40.